The fourth-order valence-electron chi connectivity index (χ4n) is 0. The monoisotopic (exact) mass is 259 g/mol. The van der Waals surface area contributed by atoms with Crippen LogP contribution < -0.4 is 6.15 Å². The van der Waals surface area contributed by atoms with E-state index in [0.717, 1.165) is 0 Å². The summed E-state index contributed by atoms with van der Waals surface area (Å²) in [7, 11) is 0. The molecule has 14 heavy (non-hydrogen) atoms. The molecule has 0 amide bonds. The summed E-state index contributed by atoms with van der Waals surface area (Å²) in [6.45, 7) is 0. The molecule has 0 radical (unpaired) electrons. The van der Waals surface area contributed by atoms with Crippen LogP contribution in [-0.4, -0.2) is 15.3 Å². The van der Waals surface area contributed by atoms with Crippen molar-refractivity contribution < 1.29 is 32.3 Å². The molecule has 3 N–H and O–H groups in total. The smallest absolute Gasteiger partial charge is 0.356 e. The van der Waals surface area contributed by atoms with Gasteiger partial charge >= 0.3 is 17.1 Å². The standard InChI is InChI=1S/Fe.3NO3.H3N/c;3*2-1(3)4;/h;;;;1H3/q+2;3*-1;. The van der Waals surface area contributed by atoms with Gasteiger partial charge in [-0.05, 0) is 0 Å². The van der Waals surface area contributed by atoms with E-state index in [4.69, 9.17) is 46.0 Å². The molecule has 0 aromatic heterocycles. The summed E-state index contributed by atoms with van der Waals surface area (Å²) in [6.07, 6.45) is 0. The summed E-state index contributed by atoms with van der Waals surface area (Å²) >= 11 is 0. The van der Waals surface area contributed by atoms with Crippen molar-refractivity contribution in [2.24, 2.45) is 0 Å². The average Bonchev–Trinajstić information content (AvgIpc) is 1.54. The van der Waals surface area contributed by atoms with Gasteiger partial charge in [0.05, 0.1) is 15.3 Å². The van der Waals surface area contributed by atoms with Crippen molar-refractivity contribution in [1.82, 2.24) is 6.15 Å². The first-order valence-corrected chi connectivity index (χ1v) is 1.64. The van der Waals surface area contributed by atoms with E-state index < -0.39 is 15.3 Å². The van der Waals surface area contributed by atoms with Gasteiger partial charge in [0.25, 0.3) is 0 Å². The van der Waals surface area contributed by atoms with Crippen molar-refractivity contribution in [1.29, 1.82) is 0 Å². The van der Waals surface area contributed by atoms with Gasteiger partial charge in [-0.25, -0.2) is 0 Å². The molecule has 0 saturated carbocycles. The summed E-state index contributed by atoms with van der Waals surface area (Å²) in [4.78, 5) is 24.8. The zero-order chi connectivity index (χ0) is 10.7. The molecule has 0 aromatic rings. The Morgan fingerprint density at radius 3 is 0.571 bits per heavy atom. The number of nitrogens with zero attached hydrogens (tertiary/aromatic N) is 3. The largest absolute Gasteiger partial charge is 2.00 e. The van der Waals surface area contributed by atoms with Crippen LogP contribution in [0.15, 0.2) is 0 Å². The fourth-order valence-corrected chi connectivity index (χ4v) is 0. The van der Waals surface area contributed by atoms with Crippen molar-refractivity contribution in [3.63, 3.8) is 0 Å². The molecule has 0 fully saturated rings. The van der Waals surface area contributed by atoms with Gasteiger partial charge in [-0.3, -0.25) is 0 Å². The first-order valence-electron chi connectivity index (χ1n) is 1.64. The molecule has 0 saturated heterocycles. The zero-order valence-corrected chi connectivity index (χ0v) is 7.18. The van der Waals surface area contributed by atoms with Gasteiger partial charge in [-0.1, -0.05) is 0 Å². The minimum Gasteiger partial charge on any atom is -0.356 e. The molecule has 0 aromatic carbocycles. The molecule has 0 atom stereocenters. The number of hydrogen-bond donors (Lipinski definition) is 1. The van der Waals surface area contributed by atoms with Crippen LogP contribution in [0.1, 0.15) is 0 Å². The summed E-state index contributed by atoms with van der Waals surface area (Å²) < 4.78 is 0. The van der Waals surface area contributed by atoms with Gasteiger partial charge in [-0.15, -0.1) is 0 Å². The predicted octanol–water partition coefficient (Wildman–Crippen LogP) is -0.558. The molecule has 0 bridgehead atoms. The van der Waals surface area contributed by atoms with Crippen LogP contribution in [0.2, 0.25) is 0 Å². The molecule has 0 aliphatic heterocycles. The van der Waals surface area contributed by atoms with E-state index in [1.54, 1.807) is 0 Å². The third-order valence-electron chi connectivity index (χ3n) is 0. The Bertz CT molecular complexity index is 114. The van der Waals surface area contributed by atoms with Crippen molar-refractivity contribution in [2.45, 2.75) is 0 Å². The molecule has 0 heterocycles. The summed E-state index contributed by atoms with van der Waals surface area (Å²) in [5.41, 5.74) is 0. The van der Waals surface area contributed by atoms with Crippen LogP contribution in [-0.2, 0) is 17.1 Å². The molecule has 0 spiro atoms. The SMILES string of the molecule is N.O=[N+]([O-])[O-].O=[N+]([O-])[O-].O=[N+]([O-])[O-].[Fe+2]. The first-order chi connectivity index (χ1) is 5.20. The summed E-state index contributed by atoms with van der Waals surface area (Å²) in [5, 5.41) is 44.2. The normalized spacial score (nSPS) is 5.14. The Hall–Kier alpha value is -1.92. The second kappa shape index (κ2) is 22.5. The molecule has 0 rings (SSSR count). The second-order valence-electron chi connectivity index (χ2n) is 0.671. The van der Waals surface area contributed by atoms with Crippen molar-refractivity contribution >= 4 is 0 Å². The van der Waals surface area contributed by atoms with E-state index in [2.05, 4.69) is 0 Å². The van der Waals surface area contributed by atoms with Crippen LogP contribution >= 0.6 is 0 Å². The van der Waals surface area contributed by atoms with Crippen LogP contribution in [0.25, 0.3) is 0 Å². The molecule has 0 aliphatic carbocycles. The van der Waals surface area contributed by atoms with Gasteiger partial charge in [0.1, 0.15) is 0 Å². The molecular formula is H3FeN4O9-. The molecule has 0 aliphatic rings. The van der Waals surface area contributed by atoms with E-state index in [-0.39, 0.29) is 23.2 Å². The Morgan fingerprint density at radius 1 is 0.571 bits per heavy atom. The van der Waals surface area contributed by atoms with E-state index in [9.17, 15) is 0 Å². The minimum absolute atomic E-state index is 0. The van der Waals surface area contributed by atoms with Crippen molar-refractivity contribution in [3.8, 4) is 0 Å². The first kappa shape index (κ1) is 29.6. The topological polar surface area (TPSA) is 234 Å². The quantitative estimate of drug-likeness (QED) is 0.330. The molecule has 86 valence electrons. The Kier molecular flexibility index (Phi) is 47.5. The van der Waals surface area contributed by atoms with E-state index in [0.29, 0.717) is 0 Å². The molecule has 14 heteroatoms. The third kappa shape index (κ3) is 225. The molecule has 13 nitrogen and oxygen atoms in total. The minimum atomic E-state index is -1.75. The van der Waals surface area contributed by atoms with Gasteiger partial charge in [0, 0.05) is 0 Å². The van der Waals surface area contributed by atoms with Gasteiger partial charge < -0.3 is 52.1 Å². The second-order valence-corrected chi connectivity index (χ2v) is 0.671. The van der Waals surface area contributed by atoms with Crippen LogP contribution in [0.3, 0.4) is 0 Å². The third-order valence-corrected chi connectivity index (χ3v) is 0. The van der Waals surface area contributed by atoms with Crippen LogP contribution in [0, 0.1) is 46.0 Å². The molecular weight excluding hydrogens is 256 g/mol. The van der Waals surface area contributed by atoms with Crippen LogP contribution in [0.4, 0.5) is 0 Å². The summed E-state index contributed by atoms with van der Waals surface area (Å²) in [6, 6.07) is 0. The predicted molar refractivity (Wildman–Crippen MR) is 36.1 cm³/mol. The maximum atomic E-state index is 8.25. The maximum Gasteiger partial charge on any atom is 2.00 e. The average molecular weight is 259 g/mol. The van der Waals surface area contributed by atoms with Crippen molar-refractivity contribution in [3.05, 3.63) is 46.0 Å². The number of hydrogen-bond acceptors (Lipinski definition) is 10. The molecule has 0 unspecified atom stereocenters. The Balaban J connectivity index is -0.0000000270. The van der Waals surface area contributed by atoms with Gasteiger partial charge in [0.15, 0.2) is 0 Å². The fraction of sp³-hybridized carbons (Fsp3) is 0. The number of rotatable bonds is 0. The van der Waals surface area contributed by atoms with E-state index in [1.807, 2.05) is 0 Å². The Labute approximate surface area is 85.3 Å². The van der Waals surface area contributed by atoms with Gasteiger partial charge in [-0.2, -0.15) is 0 Å². The van der Waals surface area contributed by atoms with Gasteiger partial charge in [0.2, 0.25) is 0 Å². The van der Waals surface area contributed by atoms with Crippen LogP contribution in [0.5, 0.6) is 0 Å². The Morgan fingerprint density at radius 2 is 0.571 bits per heavy atom. The van der Waals surface area contributed by atoms with Crippen molar-refractivity contribution in [2.75, 3.05) is 0 Å². The summed E-state index contributed by atoms with van der Waals surface area (Å²) in [5.74, 6) is 0. The zero-order valence-electron chi connectivity index (χ0n) is 6.08. The van der Waals surface area contributed by atoms with E-state index in [1.165, 1.54) is 0 Å². The van der Waals surface area contributed by atoms with E-state index >= 15 is 0 Å². The maximum absolute atomic E-state index is 8.25.